The summed E-state index contributed by atoms with van der Waals surface area (Å²) in [5, 5.41) is 16.4. The number of rotatable bonds is 4. The number of amides is 1. The van der Waals surface area contributed by atoms with Gasteiger partial charge in [-0.05, 0) is 75.9 Å². The van der Waals surface area contributed by atoms with E-state index in [1.807, 2.05) is 58.0 Å². The Kier molecular flexibility index (Phi) is 5.53. The average Bonchev–Trinajstić information content (AvgIpc) is 3.09. The Balaban J connectivity index is 1.45. The first-order chi connectivity index (χ1) is 14.4. The molecule has 7 heteroatoms. The lowest BCUT2D eigenvalue weighted by Gasteiger charge is -2.32. The van der Waals surface area contributed by atoms with Gasteiger partial charge in [0.2, 0.25) is 5.91 Å². The predicted octanol–water partition coefficient (Wildman–Crippen LogP) is 3.75. The molecule has 4 rings (SSSR count). The molecule has 1 aliphatic rings. The molecule has 156 valence electrons. The van der Waals surface area contributed by atoms with Crippen molar-refractivity contribution < 1.29 is 4.79 Å². The number of aryl methyl sites for hydroxylation is 4. The van der Waals surface area contributed by atoms with E-state index in [0.717, 1.165) is 53.4 Å². The van der Waals surface area contributed by atoms with E-state index in [1.54, 1.807) is 4.68 Å². The van der Waals surface area contributed by atoms with Gasteiger partial charge >= 0.3 is 0 Å². The Morgan fingerprint density at radius 3 is 2.50 bits per heavy atom. The predicted molar refractivity (Wildman–Crippen MR) is 118 cm³/mol. The van der Waals surface area contributed by atoms with Crippen LogP contribution in [0.2, 0.25) is 0 Å². The second-order valence-corrected chi connectivity index (χ2v) is 8.18. The van der Waals surface area contributed by atoms with E-state index < -0.39 is 0 Å². The van der Waals surface area contributed by atoms with Crippen LogP contribution >= 0.6 is 0 Å². The van der Waals surface area contributed by atoms with E-state index in [2.05, 4.69) is 31.6 Å². The van der Waals surface area contributed by atoms with Gasteiger partial charge in [-0.25, -0.2) is 4.68 Å². The van der Waals surface area contributed by atoms with E-state index in [1.165, 1.54) is 0 Å². The standard InChI is InChI=1S/C23H28N6O/c1-15-7-8-16(2)20(12-15)24-23(30)19-6-5-11-28(14-19)21-9-10-22(26-25-21)29-18(4)13-17(3)27-29/h7-10,12-13,19H,5-6,11,14H2,1-4H3,(H,24,30). The number of anilines is 2. The molecule has 1 N–H and O–H groups in total. The Morgan fingerprint density at radius 2 is 1.80 bits per heavy atom. The Hall–Kier alpha value is -3.22. The first kappa shape index (κ1) is 20.1. The molecule has 1 fully saturated rings. The topological polar surface area (TPSA) is 75.9 Å². The lowest BCUT2D eigenvalue weighted by Crippen LogP contribution is -2.41. The summed E-state index contributed by atoms with van der Waals surface area (Å²) in [5.41, 5.74) is 5.08. The number of piperidine rings is 1. The lowest BCUT2D eigenvalue weighted by atomic mass is 9.96. The zero-order valence-electron chi connectivity index (χ0n) is 18.0. The second kappa shape index (κ2) is 8.26. The summed E-state index contributed by atoms with van der Waals surface area (Å²) >= 11 is 0. The molecule has 0 spiro atoms. The van der Waals surface area contributed by atoms with Crippen molar-refractivity contribution in [3.05, 3.63) is 58.9 Å². The van der Waals surface area contributed by atoms with Gasteiger partial charge in [-0.3, -0.25) is 4.79 Å². The molecule has 1 atom stereocenters. The molecular formula is C23H28N6O. The van der Waals surface area contributed by atoms with Crippen LogP contribution in [0.3, 0.4) is 0 Å². The molecule has 30 heavy (non-hydrogen) atoms. The summed E-state index contributed by atoms with van der Waals surface area (Å²) in [4.78, 5) is 15.0. The number of hydrogen-bond acceptors (Lipinski definition) is 5. The molecule has 0 saturated carbocycles. The average molecular weight is 405 g/mol. The summed E-state index contributed by atoms with van der Waals surface area (Å²) in [7, 11) is 0. The second-order valence-electron chi connectivity index (χ2n) is 8.18. The van der Waals surface area contributed by atoms with Gasteiger partial charge in [0.25, 0.3) is 0 Å². The lowest BCUT2D eigenvalue weighted by molar-refractivity contribution is -0.120. The fourth-order valence-corrected chi connectivity index (χ4v) is 3.97. The fourth-order valence-electron chi connectivity index (χ4n) is 3.97. The zero-order valence-corrected chi connectivity index (χ0v) is 18.0. The van der Waals surface area contributed by atoms with Crippen LogP contribution in [0.25, 0.3) is 5.82 Å². The molecular weight excluding hydrogens is 376 g/mol. The van der Waals surface area contributed by atoms with Crippen molar-refractivity contribution in [3.8, 4) is 5.82 Å². The van der Waals surface area contributed by atoms with Crippen molar-refractivity contribution in [1.82, 2.24) is 20.0 Å². The van der Waals surface area contributed by atoms with Gasteiger partial charge in [-0.15, -0.1) is 10.2 Å². The maximum atomic E-state index is 12.9. The highest BCUT2D eigenvalue weighted by Crippen LogP contribution is 2.24. The number of hydrogen-bond donors (Lipinski definition) is 1. The third-order valence-electron chi connectivity index (χ3n) is 5.63. The summed E-state index contributed by atoms with van der Waals surface area (Å²) in [5.74, 6) is 1.49. The highest BCUT2D eigenvalue weighted by Gasteiger charge is 2.27. The monoisotopic (exact) mass is 404 g/mol. The van der Waals surface area contributed by atoms with Crippen molar-refractivity contribution in [1.29, 1.82) is 0 Å². The van der Waals surface area contributed by atoms with Crippen LogP contribution in [-0.2, 0) is 4.79 Å². The summed E-state index contributed by atoms with van der Waals surface area (Å²) < 4.78 is 1.79. The van der Waals surface area contributed by atoms with Crippen LogP contribution in [0.5, 0.6) is 0 Å². The van der Waals surface area contributed by atoms with Crippen LogP contribution in [0, 0.1) is 33.6 Å². The van der Waals surface area contributed by atoms with E-state index in [4.69, 9.17) is 0 Å². The highest BCUT2D eigenvalue weighted by atomic mass is 16.1. The third-order valence-corrected chi connectivity index (χ3v) is 5.63. The van der Waals surface area contributed by atoms with E-state index >= 15 is 0 Å². The molecule has 1 unspecified atom stereocenters. The van der Waals surface area contributed by atoms with Gasteiger partial charge in [0, 0.05) is 24.5 Å². The van der Waals surface area contributed by atoms with Crippen molar-refractivity contribution in [3.63, 3.8) is 0 Å². The Labute approximate surface area is 177 Å². The number of carbonyl (C=O) groups excluding carboxylic acids is 1. The van der Waals surface area contributed by atoms with Gasteiger partial charge in [0.1, 0.15) is 0 Å². The summed E-state index contributed by atoms with van der Waals surface area (Å²) in [6, 6.07) is 12.0. The molecule has 1 aromatic carbocycles. The van der Waals surface area contributed by atoms with Crippen molar-refractivity contribution >= 4 is 17.4 Å². The first-order valence-electron chi connectivity index (χ1n) is 10.4. The van der Waals surface area contributed by atoms with Gasteiger partial charge in [0.05, 0.1) is 11.6 Å². The maximum absolute atomic E-state index is 12.9. The minimum absolute atomic E-state index is 0.0700. The smallest absolute Gasteiger partial charge is 0.229 e. The quantitative estimate of drug-likeness (QED) is 0.717. The molecule has 0 aliphatic carbocycles. The van der Waals surface area contributed by atoms with Crippen molar-refractivity contribution in [2.45, 2.75) is 40.5 Å². The molecule has 2 aromatic heterocycles. The maximum Gasteiger partial charge on any atom is 0.229 e. The molecule has 1 amide bonds. The highest BCUT2D eigenvalue weighted by molar-refractivity contribution is 5.93. The minimum Gasteiger partial charge on any atom is -0.354 e. The fraction of sp³-hybridized carbons (Fsp3) is 0.391. The molecule has 7 nitrogen and oxygen atoms in total. The minimum atomic E-state index is -0.0730. The van der Waals surface area contributed by atoms with E-state index in [9.17, 15) is 4.79 Å². The molecule has 0 bridgehead atoms. The molecule has 3 heterocycles. The summed E-state index contributed by atoms with van der Waals surface area (Å²) in [6.45, 7) is 9.53. The van der Waals surface area contributed by atoms with Gasteiger partial charge < -0.3 is 10.2 Å². The van der Waals surface area contributed by atoms with Crippen LogP contribution in [0.1, 0.15) is 35.4 Å². The molecule has 3 aromatic rings. The number of nitrogens with zero attached hydrogens (tertiary/aromatic N) is 5. The van der Waals surface area contributed by atoms with Gasteiger partial charge in [-0.1, -0.05) is 12.1 Å². The zero-order chi connectivity index (χ0) is 21.3. The number of benzene rings is 1. The number of nitrogens with one attached hydrogen (secondary N) is 1. The summed E-state index contributed by atoms with van der Waals surface area (Å²) in [6.07, 6.45) is 1.83. The number of carbonyl (C=O) groups is 1. The third kappa shape index (κ3) is 4.20. The Morgan fingerprint density at radius 1 is 1.03 bits per heavy atom. The Bertz CT molecular complexity index is 1060. The van der Waals surface area contributed by atoms with Crippen molar-refractivity contribution in [2.75, 3.05) is 23.3 Å². The van der Waals surface area contributed by atoms with Gasteiger partial charge in [-0.2, -0.15) is 5.10 Å². The first-order valence-corrected chi connectivity index (χ1v) is 10.4. The van der Waals surface area contributed by atoms with Crippen molar-refractivity contribution in [2.24, 2.45) is 5.92 Å². The van der Waals surface area contributed by atoms with E-state index in [0.29, 0.717) is 12.4 Å². The van der Waals surface area contributed by atoms with Crippen LogP contribution in [0.4, 0.5) is 11.5 Å². The normalized spacial score (nSPS) is 16.5. The van der Waals surface area contributed by atoms with Crippen LogP contribution in [-0.4, -0.2) is 39.0 Å². The SMILES string of the molecule is Cc1ccc(C)c(NC(=O)C2CCCN(c3ccc(-n4nc(C)cc4C)nn3)C2)c1. The molecule has 1 saturated heterocycles. The largest absolute Gasteiger partial charge is 0.354 e. The molecule has 1 aliphatic heterocycles. The number of aromatic nitrogens is 4. The van der Waals surface area contributed by atoms with Gasteiger partial charge in [0.15, 0.2) is 11.6 Å². The van der Waals surface area contributed by atoms with Crippen LogP contribution in [0.15, 0.2) is 36.4 Å². The van der Waals surface area contributed by atoms with Crippen LogP contribution < -0.4 is 10.2 Å². The molecule has 0 radical (unpaired) electrons. The van der Waals surface area contributed by atoms with E-state index in [-0.39, 0.29) is 11.8 Å².